The fourth-order valence-electron chi connectivity index (χ4n) is 7.78. The van der Waals surface area contributed by atoms with Gasteiger partial charge in [-0.15, -0.1) is 0 Å². The average Bonchev–Trinajstić information content (AvgIpc) is 3.77. The number of unbranched alkanes of at least 4 members (excludes halogenated alkanes) is 1. The van der Waals surface area contributed by atoms with Crippen LogP contribution in [0.1, 0.15) is 82.9 Å². The van der Waals surface area contributed by atoms with Gasteiger partial charge in [0.1, 0.15) is 47.6 Å². The zero-order chi connectivity index (χ0) is 56.9. The number of amides is 8. The summed E-state index contributed by atoms with van der Waals surface area (Å²) in [5.74, 6) is -8.04. The highest BCUT2D eigenvalue weighted by molar-refractivity contribution is 7.81. The maximum Gasteiger partial charge on any atom is 0.446 e. The molecule has 1 aromatic heterocycles. The molecule has 0 bridgehead atoms. The Bertz CT molecular complexity index is 2800. The number of carbonyl (C=O) groups is 9. The number of H-pyrrole nitrogens is 1. The number of carboxylic acid groups (broad SMARTS) is 1. The summed E-state index contributed by atoms with van der Waals surface area (Å²) in [6.07, 6.45) is 0.524. The van der Waals surface area contributed by atoms with E-state index in [1.54, 1.807) is 81.6 Å². The summed E-state index contributed by atoms with van der Waals surface area (Å²) in [7, 11) is -4.83. The molecule has 0 spiro atoms. The summed E-state index contributed by atoms with van der Waals surface area (Å²) >= 11 is 0. The number of hydrogen-bond acceptors (Lipinski definition) is 14. The quantitative estimate of drug-likeness (QED) is 0.0320. The molecule has 0 aliphatic carbocycles. The molecule has 418 valence electrons. The fourth-order valence-corrected chi connectivity index (χ4v) is 8.13. The van der Waals surface area contributed by atoms with Gasteiger partial charge in [-0.25, -0.2) is 4.79 Å². The number of aromatic amines is 1. The number of aliphatic carboxylic acids is 1. The van der Waals surface area contributed by atoms with Crippen molar-refractivity contribution in [2.75, 3.05) is 13.1 Å². The van der Waals surface area contributed by atoms with Crippen molar-refractivity contribution < 1.29 is 70.1 Å². The summed E-state index contributed by atoms with van der Waals surface area (Å²) in [4.78, 5) is 124. The Morgan fingerprint density at radius 2 is 1.18 bits per heavy atom. The first-order chi connectivity index (χ1) is 36.3. The predicted octanol–water partition coefficient (Wildman–Crippen LogP) is 0.700. The summed E-state index contributed by atoms with van der Waals surface area (Å²) in [5.41, 5.74) is 12.7. The second-order valence-corrected chi connectivity index (χ2v) is 20.0. The molecule has 0 radical (unpaired) electrons. The van der Waals surface area contributed by atoms with E-state index in [9.17, 15) is 56.7 Å². The minimum atomic E-state index is -4.83. The smallest absolute Gasteiger partial charge is 0.446 e. The van der Waals surface area contributed by atoms with Crippen molar-refractivity contribution in [3.05, 3.63) is 102 Å². The number of para-hydroxylation sites is 1. The molecule has 0 aliphatic rings. The van der Waals surface area contributed by atoms with Crippen molar-refractivity contribution in [2.24, 2.45) is 11.5 Å². The lowest BCUT2D eigenvalue weighted by Gasteiger charge is -2.26. The van der Waals surface area contributed by atoms with Gasteiger partial charge in [0.15, 0.2) is 0 Å². The Labute approximate surface area is 445 Å². The Balaban J connectivity index is 1.53. The average molecular weight is 1090 g/mol. The number of hydrogen-bond donors (Lipinski definition) is 12. The lowest BCUT2D eigenvalue weighted by Crippen LogP contribution is -2.59. The standard InChI is InChI=1S/C51H68N10O15S/c1-5-6-16-36(57-47(68)39(61-50(71)75-51(2,3)4)25-31-19-21-33(22-20-31)76-77(72,73)74)45(66)55-29-42(62)56-40(26-32-28-54-35-17-11-10-15-34(32)35)48(69)58-37(18-12-23-52)46(67)60-41(27-43(63)64)49(70)59-38(44(53)65)24-30-13-8-7-9-14-30/h7-11,13-15,17,19-22,28,36-41,54H,5-6,12,16,18,23-27,29,52H2,1-4H3,(H2,53,65)(H,55,66)(H,56,62)(H,57,68)(H,58,69)(H,59,70)(H,60,67)(H,61,71)(H,63,64)(H,72,73,74)/t36-,37-,38-,39-,40-,41-/m0/s1. The SMILES string of the molecule is CCCC[C@H](NC(=O)[C@H](Cc1ccc(OS(=O)(=O)O)cc1)NC(=O)OC(C)(C)C)C(=O)NCC(=O)N[C@@H](Cc1c[nH]c2ccccc12)C(=O)N[C@@H](CCCN)C(=O)N[C@@H](CC(=O)O)C(=O)N[C@@H](Cc1ccccc1)C(N)=O. The van der Waals surface area contributed by atoms with Crippen LogP contribution in [-0.4, -0.2) is 131 Å². The first-order valence-electron chi connectivity index (χ1n) is 24.7. The molecule has 8 amide bonds. The molecule has 77 heavy (non-hydrogen) atoms. The summed E-state index contributed by atoms with van der Waals surface area (Å²) < 4.78 is 41.2. The molecule has 25 nitrogen and oxygen atoms in total. The third-order valence-corrected chi connectivity index (χ3v) is 11.9. The normalized spacial score (nSPS) is 13.7. The second-order valence-electron chi connectivity index (χ2n) is 19.0. The van der Waals surface area contributed by atoms with E-state index in [4.69, 9.17) is 20.8 Å². The van der Waals surface area contributed by atoms with E-state index >= 15 is 0 Å². The van der Waals surface area contributed by atoms with Crippen LogP contribution in [0.4, 0.5) is 4.79 Å². The molecule has 0 fully saturated rings. The highest BCUT2D eigenvalue weighted by Crippen LogP contribution is 2.20. The predicted molar refractivity (Wildman–Crippen MR) is 280 cm³/mol. The number of benzene rings is 3. The topological polar surface area (TPSA) is 399 Å². The Hall–Kier alpha value is -8.10. The second kappa shape index (κ2) is 29.3. The third kappa shape index (κ3) is 21.6. The Kier molecular flexibility index (Phi) is 23.4. The maximum absolute atomic E-state index is 14.3. The Morgan fingerprint density at radius 1 is 0.649 bits per heavy atom. The van der Waals surface area contributed by atoms with Crippen LogP contribution in [0.2, 0.25) is 0 Å². The van der Waals surface area contributed by atoms with E-state index in [0.29, 0.717) is 40.4 Å². The molecular formula is C51H68N10O15S. The number of primary amides is 1. The van der Waals surface area contributed by atoms with Crippen LogP contribution in [0, 0.1) is 0 Å². The van der Waals surface area contributed by atoms with E-state index in [1.807, 2.05) is 6.92 Å². The molecule has 4 rings (SSSR count). The molecule has 6 atom stereocenters. The largest absolute Gasteiger partial charge is 0.481 e. The van der Waals surface area contributed by atoms with Crippen molar-refractivity contribution in [2.45, 2.75) is 127 Å². The molecule has 1 heterocycles. The lowest BCUT2D eigenvalue weighted by atomic mass is 10.0. The van der Waals surface area contributed by atoms with Gasteiger partial charge < -0.3 is 67.7 Å². The number of alkyl carbamates (subject to hydrolysis) is 1. The number of nitrogens with one attached hydrogen (secondary N) is 8. The van der Waals surface area contributed by atoms with Crippen LogP contribution in [-0.2, 0) is 72.8 Å². The number of ether oxygens (including phenoxy) is 1. The molecule has 4 aromatic rings. The molecule has 0 unspecified atom stereocenters. The van der Waals surface area contributed by atoms with Gasteiger partial charge in [-0.05, 0) is 81.5 Å². The first-order valence-corrected chi connectivity index (χ1v) is 26.0. The molecular weight excluding hydrogens is 1020 g/mol. The number of carboxylic acids is 1. The number of rotatable bonds is 30. The van der Waals surface area contributed by atoms with Crippen molar-refractivity contribution in [3.8, 4) is 5.75 Å². The van der Waals surface area contributed by atoms with Gasteiger partial charge in [0, 0.05) is 36.4 Å². The molecule has 0 aliphatic heterocycles. The van der Waals surface area contributed by atoms with Crippen LogP contribution in [0.3, 0.4) is 0 Å². The molecule has 0 saturated heterocycles. The molecule has 14 N–H and O–H groups in total. The maximum atomic E-state index is 14.3. The van der Waals surface area contributed by atoms with Gasteiger partial charge >= 0.3 is 22.5 Å². The third-order valence-electron chi connectivity index (χ3n) is 11.5. The van der Waals surface area contributed by atoms with Crippen LogP contribution in [0.15, 0.2) is 85.1 Å². The van der Waals surface area contributed by atoms with E-state index in [2.05, 4.69) is 46.4 Å². The molecule has 3 aromatic carbocycles. The van der Waals surface area contributed by atoms with Gasteiger partial charge in [0.2, 0.25) is 41.4 Å². The minimum Gasteiger partial charge on any atom is -0.481 e. The zero-order valence-corrected chi connectivity index (χ0v) is 43.9. The number of nitrogens with two attached hydrogens (primary N) is 2. The van der Waals surface area contributed by atoms with Gasteiger partial charge in [-0.2, -0.15) is 8.42 Å². The number of aromatic nitrogens is 1. The van der Waals surface area contributed by atoms with Gasteiger partial charge in [0.25, 0.3) is 0 Å². The first kappa shape index (κ1) is 61.4. The van der Waals surface area contributed by atoms with E-state index in [0.717, 1.165) is 0 Å². The van der Waals surface area contributed by atoms with Crippen LogP contribution in [0.5, 0.6) is 5.75 Å². The van der Waals surface area contributed by atoms with E-state index in [1.165, 1.54) is 24.3 Å². The van der Waals surface area contributed by atoms with Gasteiger partial charge in [0.05, 0.1) is 13.0 Å². The summed E-state index contributed by atoms with van der Waals surface area (Å²) in [5, 5.41) is 28.0. The summed E-state index contributed by atoms with van der Waals surface area (Å²) in [6, 6.07) is 12.3. The molecule has 26 heteroatoms. The van der Waals surface area contributed by atoms with Crippen LogP contribution in [0.25, 0.3) is 10.9 Å². The summed E-state index contributed by atoms with van der Waals surface area (Å²) in [6.45, 7) is 6.01. The van der Waals surface area contributed by atoms with Crippen LogP contribution < -0.4 is 52.9 Å². The van der Waals surface area contributed by atoms with E-state index < -0.39 is 119 Å². The highest BCUT2D eigenvalue weighted by atomic mass is 32.3. The van der Waals surface area contributed by atoms with Crippen molar-refractivity contribution in [1.29, 1.82) is 0 Å². The molecule has 0 saturated carbocycles. The number of fused-ring (bicyclic) bond motifs is 1. The van der Waals surface area contributed by atoms with Crippen LogP contribution >= 0.6 is 0 Å². The van der Waals surface area contributed by atoms with Crippen molar-refractivity contribution in [3.63, 3.8) is 0 Å². The lowest BCUT2D eigenvalue weighted by molar-refractivity contribution is -0.141. The Morgan fingerprint density at radius 3 is 1.78 bits per heavy atom. The van der Waals surface area contributed by atoms with Gasteiger partial charge in [-0.3, -0.25) is 42.9 Å². The highest BCUT2D eigenvalue weighted by Gasteiger charge is 2.34. The van der Waals surface area contributed by atoms with Gasteiger partial charge in [-0.1, -0.05) is 80.4 Å². The zero-order valence-electron chi connectivity index (χ0n) is 43.1. The fraction of sp³-hybridized carbons (Fsp3) is 0.431. The van der Waals surface area contributed by atoms with Crippen molar-refractivity contribution >= 4 is 74.7 Å². The monoisotopic (exact) mass is 1090 g/mol. The number of carbonyl (C=O) groups excluding carboxylic acids is 8. The van der Waals surface area contributed by atoms with E-state index in [-0.39, 0.29) is 50.8 Å². The minimum absolute atomic E-state index is 0.0365. The van der Waals surface area contributed by atoms with Crippen molar-refractivity contribution in [1.82, 2.24) is 42.2 Å².